The van der Waals surface area contributed by atoms with Crippen LogP contribution in [-0.4, -0.2) is 23.0 Å². The van der Waals surface area contributed by atoms with Gasteiger partial charge in [0.2, 0.25) is 5.91 Å². The van der Waals surface area contributed by atoms with Crippen molar-refractivity contribution in [1.29, 1.82) is 0 Å². The van der Waals surface area contributed by atoms with Crippen molar-refractivity contribution in [3.8, 4) is 0 Å². The van der Waals surface area contributed by atoms with Crippen molar-refractivity contribution in [1.82, 2.24) is 0 Å². The van der Waals surface area contributed by atoms with Crippen molar-refractivity contribution in [2.75, 3.05) is 5.32 Å². The Balaban J connectivity index is 2.60. The summed E-state index contributed by atoms with van der Waals surface area (Å²) >= 11 is 0. The predicted molar refractivity (Wildman–Crippen MR) is 64.6 cm³/mol. The third kappa shape index (κ3) is 4.50. The van der Waals surface area contributed by atoms with Crippen LogP contribution >= 0.6 is 0 Å². The lowest BCUT2D eigenvalue weighted by atomic mass is 10.1. The zero-order valence-electron chi connectivity index (χ0n) is 9.94. The first-order valence-corrected chi connectivity index (χ1v) is 5.44. The third-order valence-corrected chi connectivity index (χ3v) is 2.32. The van der Waals surface area contributed by atoms with Crippen LogP contribution in [0.25, 0.3) is 0 Å². The van der Waals surface area contributed by atoms with E-state index in [9.17, 15) is 14.0 Å². The summed E-state index contributed by atoms with van der Waals surface area (Å²) in [5.41, 5.74) is 6.50. The number of carbonyl (C=O) groups excluding carboxylic acids is 1. The van der Waals surface area contributed by atoms with E-state index >= 15 is 0 Å². The van der Waals surface area contributed by atoms with Gasteiger partial charge in [-0.05, 0) is 37.1 Å². The predicted octanol–water partition coefficient (Wildman–Crippen LogP) is 1.26. The van der Waals surface area contributed by atoms with Crippen LogP contribution in [0.15, 0.2) is 18.2 Å². The van der Waals surface area contributed by atoms with Crippen LogP contribution in [0.3, 0.4) is 0 Å². The molecule has 1 unspecified atom stereocenters. The van der Waals surface area contributed by atoms with Crippen LogP contribution in [0, 0.1) is 12.7 Å². The molecule has 0 heterocycles. The van der Waals surface area contributed by atoms with Crippen molar-refractivity contribution >= 4 is 17.6 Å². The van der Waals surface area contributed by atoms with Crippen LogP contribution in [0.2, 0.25) is 0 Å². The Morgan fingerprint density at radius 3 is 2.67 bits per heavy atom. The van der Waals surface area contributed by atoms with Crippen LogP contribution in [0.5, 0.6) is 0 Å². The number of carboxylic acid groups (broad SMARTS) is 1. The summed E-state index contributed by atoms with van der Waals surface area (Å²) in [5, 5.41) is 10.9. The van der Waals surface area contributed by atoms with Gasteiger partial charge in [0.25, 0.3) is 0 Å². The summed E-state index contributed by atoms with van der Waals surface area (Å²) in [6.45, 7) is 1.70. The summed E-state index contributed by atoms with van der Waals surface area (Å²) in [5.74, 6) is -1.99. The van der Waals surface area contributed by atoms with Crippen molar-refractivity contribution in [2.24, 2.45) is 5.73 Å². The summed E-state index contributed by atoms with van der Waals surface area (Å²) < 4.78 is 13.1. The van der Waals surface area contributed by atoms with E-state index in [2.05, 4.69) is 5.32 Å². The molecule has 1 aromatic carbocycles. The molecule has 0 bridgehead atoms. The average Bonchev–Trinajstić information content (AvgIpc) is 2.24. The first-order valence-electron chi connectivity index (χ1n) is 5.44. The first-order chi connectivity index (χ1) is 8.38. The number of hydrogen-bond donors (Lipinski definition) is 3. The Bertz CT molecular complexity index is 442. The molecule has 1 amide bonds. The molecule has 4 N–H and O–H groups in total. The van der Waals surface area contributed by atoms with Gasteiger partial charge in [-0.3, -0.25) is 9.59 Å². The number of carbonyl (C=O) groups is 2. The van der Waals surface area contributed by atoms with Gasteiger partial charge in [0, 0.05) is 12.1 Å². The van der Waals surface area contributed by atoms with Crippen LogP contribution in [0.1, 0.15) is 18.4 Å². The largest absolute Gasteiger partial charge is 0.481 e. The molecule has 1 rings (SSSR count). The number of aryl methyl sites for hydroxylation is 1. The molecule has 6 heteroatoms. The van der Waals surface area contributed by atoms with Gasteiger partial charge in [-0.15, -0.1) is 0 Å². The lowest BCUT2D eigenvalue weighted by molar-refractivity contribution is -0.137. The summed E-state index contributed by atoms with van der Waals surface area (Å²) in [6, 6.07) is 3.18. The number of amides is 1. The van der Waals surface area contributed by atoms with Crippen molar-refractivity contribution in [2.45, 2.75) is 25.8 Å². The molecule has 0 aliphatic rings. The highest BCUT2D eigenvalue weighted by Crippen LogP contribution is 2.13. The van der Waals surface area contributed by atoms with Gasteiger partial charge < -0.3 is 16.2 Å². The molecule has 0 aliphatic heterocycles. The highest BCUT2D eigenvalue weighted by atomic mass is 19.1. The maximum atomic E-state index is 13.1. The molecule has 0 aliphatic carbocycles. The van der Waals surface area contributed by atoms with Crippen LogP contribution in [0.4, 0.5) is 10.1 Å². The van der Waals surface area contributed by atoms with E-state index in [-0.39, 0.29) is 12.8 Å². The number of hydrogen-bond acceptors (Lipinski definition) is 3. The van der Waals surface area contributed by atoms with E-state index in [1.54, 1.807) is 13.0 Å². The smallest absolute Gasteiger partial charge is 0.303 e. The molecule has 1 aromatic rings. The lowest BCUT2D eigenvalue weighted by Gasteiger charge is -2.11. The van der Waals surface area contributed by atoms with Gasteiger partial charge in [-0.1, -0.05) is 0 Å². The van der Waals surface area contributed by atoms with E-state index in [0.717, 1.165) is 0 Å². The number of carboxylic acids is 1. The van der Waals surface area contributed by atoms with E-state index < -0.39 is 23.7 Å². The Morgan fingerprint density at radius 1 is 1.44 bits per heavy atom. The van der Waals surface area contributed by atoms with Crippen LogP contribution in [-0.2, 0) is 9.59 Å². The third-order valence-electron chi connectivity index (χ3n) is 2.32. The van der Waals surface area contributed by atoms with Gasteiger partial charge >= 0.3 is 5.97 Å². The second-order valence-corrected chi connectivity index (χ2v) is 4.05. The molecule has 0 spiro atoms. The van der Waals surface area contributed by atoms with E-state index in [0.29, 0.717) is 11.3 Å². The Morgan fingerprint density at radius 2 is 2.11 bits per heavy atom. The van der Waals surface area contributed by atoms with Gasteiger partial charge in [0.15, 0.2) is 0 Å². The number of rotatable bonds is 5. The minimum absolute atomic E-state index is 0.0372. The lowest BCUT2D eigenvalue weighted by Crippen LogP contribution is -2.36. The van der Waals surface area contributed by atoms with E-state index in [4.69, 9.17) is 10.8 Å². The van der Waals surface area contributed by atoms with Crippen molar-refractivity contribution < 1.29 is 19.1 Å². The topological polar surface area (TPSA) is 92.4 Å². The van der Waals surface area contributed by atoms with Crippen molar-refractivity contribution in [3.05, 3.63) is 29.6 Å². The molecular weight excluding hydrogens is 239 g/mol. The molecule has 0 fully saturated rings. The Hall–Kier alpha value is -1.95. The SMILES string of the molecule is Cc1cc(F)cc(NC(=O)C(N)CCC(=O)O)c1. The number of benzene rings is 1. The van der Waals surface area contributed by atoms with Gasteiger partial charge in [0.1, 0.15) is 5.82 Å². The maximum absolute atomic E-state index is 13.1. The highest BCUT2D eigenvalue weighted by Gasteiger charge is 2.15. The minimum Gasteiger partial charge on any atom is -0.481 e. The van der Waals surface area contributed by atoms with Gasteiger partial charge in [-0.25, -0.2) is 4.39 Å². The molecule has 0 radical (unpaired) electrons. The molecule has 0 saturated carbocycles. The summed E-state index contributed by atoms with van der Waals surface area (Å²) in [7, 11) is 0. The fraction of sp³-hybridized carbons (Fsp3) is 0.333. The molecule has 1 atom stereocenters. The normalized spacial score (nSPS) is 11.9. The van der Waals surface area contributed by atoms with Crippen molar-refractivity contribution in [3.63, 3.8) is 0 Å². The number of aliphatic carboxylic acids is 1. The molecular formula is C12H15FN2O3. The fourth-order valence-corrected chi connectivity index (χ4v) is 1.45. The zero-order valence-corrected chi connectivity index (χ0v) is 9.94. The van der Waals surface area contributed by atoms with E-state index in [1.165, 1.54) is 12.1 Å². The number of nitrogens with one attached hydrogen (secondary N) is 1. The van der Waals surface area contributed by atoms with Gasteiger partial charge in [0.05, 0.1) is 6.04 Å². The Kier molecular flexibility index (Phi) is 4.79. The highest BCUT2D eigenvalue weighted by molar-refractivity contribution is 5.94. The number of nitrogens with two attached hydrogens (primary N) is 1. The molecule has 98 valence electrons. The second-order valence-electron chi connectivity index (χ2n) is 4.05. The Labute approximate surface area is 104 Å². The summed E-state index contributed by atoms with van der Waals surface area (Å²) in [6.07, 6.45) is -0.147. The fourth-order valence-electron chi connectivity index (χ4n) is 1.45. The minimum atomic E-state index is -1.01. The van der Waals surface area contributed by atoms with Crippen LogP contribution < -0.4 is 11.1 Å². The molecule has 5 nitrogen and oxygen atoms in total. The standard InChI is InChI=1S/C12H15FN2O3/c1-7-4-8(13)6-9(5-7)15-12(18)10(14)2-3-11(16)17/h4-6,10H,2-3,14H2,1H3,(H,15,18)(H,16,17). The maximum Gasteiger partial charge on any atom is 0.303 e. The number of halogens is 1. The van der Waals surface area contributed by atoms with Gasteiger partial charge in [-0.2, -0.15) is 0 Å². The molecule has 0 saturated heterocycles. The summed E-state index contributed by atoms with van der Waals surface area (Å²) in [4.78, 5) is 21.9. The first kappa shape index (κ1) is 14.1. The molecule has 0 aromatic heterocycles. The number of anilines is 1. The zero-order chi connectivity index (χ0) is 13.7. The quantitative estimate of drug-likeness (QED) is 0.737. The second kappa shape index (κ2) is 6.11. The average molecular weight is 254 g/mol. The van der Waals surface area contributed by atoms with E-state index in [1.807, 2.05) is 0 Å². The molecule has 18 heavy (non-hydrogen) atoms. The monoisotopic (exact) mass is 254 g/mol.